The molecule has 0 saturated carbocycles. The normalized spacial score (nSPS) is 18.0. The van der Waals surface area contributed by atoms with Gasteiger partial charge in [-0.15, -0.1) is 0 Å². The van der Waals surface area contributed by atoms with Crippen molar-refractivity contribution in [1.82, 2.24) is 9.80 Å². The van der Waals surface area contributed by atoms with Crippen LogP contribution in [0.25, 0.3) is 0 Å². The molecule has 0 amide bonds. The molecule has 0 radical (unpaired) electrons. The molecule has 1 fully saturated rings. The van der Waals surface area contributed by atoms with Crippen molar-refractivity contribution in [3.63, 3.8) is 0 Å². The molecule has 0 aromatic carbocycles. The van der Waals surface area contributed by atoms with Crippen LogP contribution >= 0.6 is 0 Å². The molecule has 0 aromatic heterocycles. The molecule has 22 heavy (non-hydrogen) atoms. The maximum absolute atomic E-state index is 8.93. The number of aliphatic hydroxyl groups excluding tert-OH is 1. The molecule has 0 aromatic rings. The van der Waals surface area contributed by atoms with Gasteiger partial charge >= 0.3 is 0 Å². The van der Waals surface area contributed by atoms with E-state index in [1.807, 2.05) is 0 Å². The standard InChI is InChI=1S/C18H38N2O2/c1-18(2,3)8-6-4-5-7-16-22-17-14-20-11-9-19(10-12-20)13-15-21/h21H,4-17H2,1-3H3. The first-order valence-electron chi connectivity index (χ1n) is 9.14. The Morgan fingerprint density at radius 2 is 1.41 bits per heavy atom. The van der Waals surface area contributed by atoms with Gasteiger partial charge in [0.15, 0.2) is 0 Å². The van der Waals surface area contributed by atoms with Crippen molar-refractivity contribution in [2.75, 3.05) is 59.1 Å². The number of unbranched alkanes of at least 4 members (excludes halogenated alkanes) is 3. The van der Waals surface area contributed by atoms with Crippen molar-refractivity contribution in [3.8, 4) is 0 Å². The smallest absolute Gasteiger partial charge is 0.0593 e. The summed E-state index contributed by atoms with van der Waals surface area (Å²) in [7, 11) is 0. The molecule has 0 spiro atoms. The molecule has 132 valence electrons. The van der Waals surface area contributed by atoms with Gasteiger partial charge in [0.2, 0.25) is 0 Å². The van der Waals surface area contributed by atoms with Gasteiger partial charge in [0.25, 0.3) is 0 Å². The molecular weight excluding hydrogens is 276 g/mol. The highest BCUT2D eigenvalue weighted by atomic mass is 16.5. The van der Waals surface area contributed by atoms with Crippen molar-refractivity contribution in [2.45, 2.75) is 52.9 Å². The summed E-state index contributed by atoms with van der Waals surface area (Å²) in [6, 6.07) is 0. The minimum atomic E-state index is 0.277. The number of β-amino-alcohol motifs (C(OH)–C–C–N with tert-alkyl or cyclic N) is 1. The van der Waals surface area contributed by atoms with E-state index in [0.717, 1.165) is 52.5 Å². The number of ether oxygens (including phenoxy) is 1. The summed E-state index contributed by atoms with van der Waals surface area (Å²) < 4.78 is 5.76. The maximum atomic E-state index is 8.93. The van der Waals surface area contributed by atoms with Gasteiger partial charge in [-0.3, -0.25) is 9.80 Å². The van der Waals surface area contributed by atoms with E-state index in [9.17, 15) is 0 Å². The summed E-state index contributed by atoms with van der Waals surface area (Å²) in [5, 5.41) is 8.93. The lowest BCUT2D eigenvalue weighted by Gasteiger charge is -2.34. The molecule has 1 N–H and O–H groups in total. The van der Waals surface area contributed by atoms with Gasteiger partial charge in [-0.25, -0.2) is 0 Å². The van der Waals surface area contributed by atoms with Crippen LogP contribution in [0.5, 0.6) is 0 Å². The average Bonchev–Trinajstić information content (AvgIpc) is 2.46. The van der Waals surface area contributed by atoms with E-state index in [1.54, 1.807) is 0 Å². The second-order valence-corrected chi connectivity index (χ2v) is 7.74. The zero-order valence-electron chi connectivity index (χ0n) is 15.1. The lowest BCUT2D eigenvalue weighted by molar-refractivity contribution is 0.0685. The largest absolute Gasteiger partial charge is 0.395 e. The monoisotopic (exact) mass is 314 g/mol. The predicted octanol–water partition coefficient (Wildman–Crippen LogP) is 2.61. The summed E-state index contributed by atoms with van der Waals surface area (Å²) in [6.07, 6.45) is 6.52. The zero-order valence-corrected chi connectivity index (χ0v) is 15.1. The van der Waals surface area contributed by atoms with Gasteiger partial charge < -0.3 is 9.84 Å². The molecule has 0 atom stereocenters. The first-order chi connectivity index (χ1) is 10.5. The van der Waals surface area contributed by atoms with E-state index >= 15 is 0 Å². The van der Waals surface area contributed by atoms with Crippen molar-refractivity contribution in [1.29, 1.82) is 0 Å². The number of piperazine rings is 1. The first-order valence-corrected chi connectivity index (χ1v) is 9.14. The molecule has 4 heteroatoms. The Balaban J connectivity index is 1.84. The van der Waals surface area contributed by atoms with Crippen LogP contribution in [-0.4, -0.2) is 74.0 Å². The van der Waals surface area contributed by atoms with Crippen LogP contribution in [0.2, 0.25) is 0 Å². The van der Waals surface area contributed by atoms with E-state index in [0.29, 0.717) is 5.41 Å². The molecule has 4 nitrogen and oxygen atoms in total. The predicted molar refractivity (Wildman–Crippen MR) is 93.3 cm³/mol. The number of nitrogens with zero attached hydrogens (tertiary/aromatic N) is 2. The minimum absolute atomic E-state index is 0.277. The van der Waals surface area contributed by atoms with Crippen molar-refractivity contribution in [2.24, 2.45) is 5.41 Å². The fourth-order valence-electron chi connectivity index (χ4n) is 2.89. The van der Waals surface area contributed by atoms with Gasteiger partial charge in [-0.1, -0.05) is 40.0 Å². The molecule has 0 bridgehead atoms. The van der Waals surface area contributed by atoms with Crippen LogP contribution in [0.4, 0.5) is 0 Å². The van der Waals surface area contributed by atoms with Gasteiger partial charge in [0, 0.05) is 45.9 Å². The Hall–Kier alpha value is -0.160. The SMILES string of the molecule is CC(C)(C)CCCCCCOCCN1CCN(CCO)CC1. The zero-order chi connectivity index (χ0) is 16.3. The number of rotatable bonds is 11. The van der Waals surface area contributed by atoms with E-state index in [4.69, 9.17) is 9.84 Å². The van der Waals surface area contributed by atoms with Gasteiger partial charge in [0.1, 0.15) is 0 Å². The molecule has 0 aliphatic carbocycles. The highest BCUT2D eigenvalue weighted by Gasteiger charge is 2.15. The van der Waals surface area contributed by atoms with Crippen molar-refractivity contribution >= 4 is 0 Å². The summed E-state index contributed by atoms with van der Waals surface area (Å²) in [5.74, 6) is 0. The topological polar surface area (TPSA) is 35.9 Å². The maximum Gasteiger partial charge on any atom is 0.0593 e. The molecular formula is C18H38N2O2. The molecule has 1 rings (SSSR count). The Morgan fingerprint density at radius 3 is 2.00 bits per heavy atom. The van der Waals surface area contributed by atoms with Gasteiger partial charge in [-0.2, -0.15) is 0 Å². The Kier molecular flexibility index (Phi) is 10.3. The number of aliphatic hydroxyl groups is 1. The van der Waals surface area contributed by atoms with Crippen LogP contribution in [0.1, 0.15) is 52.9 Å². The fraction of sp³-hybridized carbons (Fsp3) is 1.00. The second-order valence-electron chi connectivity index (χ2n) is 7.74. The van der Waals surface area contributed by atoms with E-state index < -0.39 is 0 Å². The summed E-state index contributed by atoms with van der Waals surface area (Å²) >= 11 is 0. The highest BCUT2D eigenvalue weighted by molar-refractivity contribution is 4.71. The Morgan fingerprint density at radius 1 is 0.818 bits per heavy atom. The van der Waals surface area contributed by atoms with Crippen LogP contribution in [0, 0.1) is 5.41 Å². The lowest BCUT2D eigenvalue weighted by Crippen LogP contribution is -2.47. The molecule has 0 unspecified atom stereocenters. The fourth-order valence-corrected chi connectivity index (χ4v) is 2.89. The van der Waals surface area contributed by atoms with Crippen molar-refractivity contribution < 1.29 is 9.84 Å². The molecule has 1 heterocycles. The third kappa shape index (κ3) is 10.5. The third-order valence-electron chi connectivity index (χ3n) is 4.40. The third-order valence-corrected chi connectivity index (χ3v) is 4.40. The quantitative estimate of drug-likeness (QED) is 0.595. The average molecular weight is 315 g/mol. The van der Waals surface area contributed by atoms with Crippen LogP contribution in [0.3, 0.4) is 0 Å². The summed E-state index contributed by atoms with van der Waals surface area (Å²) in [5.41, 5.74) is 0.484. The number of hydrogen-bond acceptors (Lipinski definition) is 4. The van der Waals surface area contributed by atoms with Crippen molar-refractivity contribution in [3.05, 3.63) is 0 Å². The number of hydrogen-bond donors (Lipinski definition) is 1. The summed E-state index contributed by atoms with van der Waals surface area (Å²) in [4.78, 5) is 4.80. The minimum Gasteiger partial charge on any atom is -0.395 e. The van der Waals surface area contributed by atoms with E-state index in [1.165, 1.54) is 32.1 Å². The Bertz CT molecular complexity index is 258. The van der Waals surface area contributed by atoms with E-state index in [-0.39, 0.29) is 6.61 Å². The van der Waals surface area contributed by atoms with Crippen LogP contribution in [0.15, 0.2) is 0 Å². The van der Waals surface area contributed by atoms with E-state index in [2.05, 4.69) is 30.6 Å². The lowest BCUT2D eigenvalue weighted by atomic mass is 9.89. The highest BCUT2D eigenvalue weighted by Crippen LogP contribution is 2.22. The summed E-state index contributed by atoms with van der Waals surface area (Å²) in [6.45, 7) is 15.3. The molecule has 1 aliphatic heterocycles. The molecule has 1 saturated heterocycles. The van der Waals surface area contributed by atoms with Crippen LogP contribution < -0.4 is 0 Å². The molecule has 1 aliphatic rings. The van der Waals surface area contributed by atoms with Gasteiger partial charge in [0.05, 0.1) is 13.2 Å². The van der Waals surface area contributed by atoms with Gasteiger partial charge in [-0.05, 0) is 18.3 Å². The second kappa shape index (κ2) is 11.4. The first kappa shape index (κ1) is 19.9. The Labute approximate surface area is 137 Å². The van der Waals surface area contributed by atoms with Crippen LogP contribution in [-0.2, 0) is 4.74 Å².